The molecule has 6 N–H and O–H groups in total. The fourth-order valence-electron chi connectivity index (χ4n) is 11.8. The molecule has 9 nitrogen and oxygen atoms in total. The molecular weight excluding hydrogens is 983 g/mol. The van der Waals surface area contributed by atoms with Crippen molar-refractivity contribution in [1.29, 1.82) is 0 Å². The van der Waals surface area contributed by atoms with E-state index in [0.29, 0.717) is 6.42 Å². The van der Waals surface area contributed by atoms with Crippen LogP contribution in [0.1, 0.15) is 373 Å². The molecule has 1 amide bonds. The number of aliphatic hydroxyl groups excluding tert-OH is 5. The Morgan fingerprint density at radius 2 is 0.696 bits per heavy atom. The first-order chi connectivity index (χ1) is 38.8. The molecule has 0 radical (unpaired) electrons. The molecule has 1 aliphatic rings. The molecule has 1 aliphatic heterocycles. The average molecular weight is 1120 g/mol. The number of carbonyl (C=O) groups excluding carboxylic acids is 1. The van der Waals surface area contributed by atoms with Crippen LogP contribution in [-0.2, 0) is 14.3 Å². The predicted octanol–water partition coefficient (Wildman–Crippen LogP) is 19.1. The molecule has 9 heteroatoms. The normalized spacial score (nSPS) is 18.5. The van der Waals surface area contributed by atoms with E-state index in [1.807, 2.05) is 6.08 Å². The van der Waals surface area contributed by atoms with Crippen molar-refractivity contribution in [2.45, 2.75) is 416 Å². The quantitative estimate of drug-likeness (QED) is 0.0261. The summed E-state index contributed by atoms with van der Waals surface area (Å²) in [4.78, 5) is 13.1. The molecule has 1 rings (SSSR count). The minimum absolute atomic E-state index is 0.168. The summed E-state index contributed by atoms with van der Waals surface area (Å²) >= 11 is 0. The minimum Gasteiger partial charge on any atom is -0.394 e. The third kappa shape index (κ3) is 49.0. The van der Waals surface area contributed by atoms with Crippen LogP contribution in [0.25, 0.3) is 0 Å². The number of nitrogens with one attached hydrogen (secondary N) is 1. The Bertz CT molecular complexity index is 1250. The van der Waals surface area contributed by atoms with Gasteiger partial charge in [0.05, 0.1) is 25.4 Å². The van der Waals surface area contributed by atoms with E-state index in [-0.39, 0.29) is 12.5 Å². The lowest BCUT2D eigenvalue weighted by Crippen LogP contribution is -2.60. The maximum Gasteiger partial charge on any atom is 0.220 e. The lowest BCUT2D eigenvalue weighted by molar-refractivity contribution is -0.302. The molecule has 1 saturated heterocycles. The van der Waals surface area contributed by atoms with Crippen molar-refractivity contribution < 1.29 is 39.8 Å². The Kier molecular flexibility index (Phi) is 57.7. The van der Waals surface area contributed by atoms with Gasteiger partial charge in [-0.15, -0.1) is 0 Å². The number of allylic oxidation sites excluding steroid dienone is 1. The summed E-state index contributed by atoms with van der Waals surface area (Å²) in [5, 5.41) is 54.6. The highest BCUT2D eigenvalue weighted by Gasteiger charge is 2.44. The van der Waals surface area contributed by atoms with Gasteiger partial charge in [0, 0.05) is 6.42 Å². The van der Waals surface area contributed by atoms with Gasteiger partial charge in [-0.25, -0.2) is 0 Å². The number of hydrogen-bond acceptors (Lipinski definition) is 8. The van der Waals surface area contributed by atoms with Crippen LogP contribution in [0.4, 0.5) is 0 Å². The maximum absolute atomic E-state index is 13.1. The zero-order chi connectivity index (χ0) is 57.2. The van der Waals surface area contributed by atoms with Crippen LogP contribution in [0.5, 0.6) is 0 Å². The summed E-state index contributed by atoms with van der Waals surface area (Å²) in [5.74, 6) is -0.168. The Morgan fingerprint density at radius 3 is 0.987 bits per heavy atom. The fourth-order valence-corrected chi connectivity index (χ4v) is 11.8. The van der Waals surface area contributed by atoms with E-state index in [1.54, 1.807) is 6.08 Å². The van der Waals surface area contributed by atoms with Crippen molar-refractivity contribution in [2.24, 2.45) is 0 Å². The van der Waals surface area contributed by atoms with E-state index >= 15 is 0 Å². The van der Waals surface area contributed by atoms with Crippen LogP contribution < -0.4 is 5.32 Å². The predicted molar refractivity (Wildman–Crippen MR) is 337 cm³/mol. The number of unbranched alkanes of at least 4 members (excludes halogenated alkanes) is 53. The van der Waals surface area contributed by atoms with E-state index < -0.39 is 49.5 Å². The summed E-state index contributed by atoms with van der Waals surface area (Å²) < 4.78 is 11.3. The SMILES string of the molecule is CCCCCCCCCCCCCCCC/C=C/C(O)C(COC1OC(CO)C(O)C(O)C1O)NC(=O)CCCCCCCCCCCCCCCCCCCCCCCCCCCCCCCCCCCCCCCCCC. The average Bonchev–Trinajstić information content (AvgIpc) is 3.47. The first kappa shape index (κ1) is 75.9. The van der Waals surface area contributed by atoms with Gasteiger partial charge in [0.2, 0.25) is 5.91 Å². The van der Waals surface area contributed by atoms with Crippen LogP contribution >= 0.6 is 0 Å². The van der Waals surface area contributed by atoms with E-state index in [2.05, 4.69) is 19.2 Å². The van der Waals surface area contributed by atoms with Gasteiger partial charge in [-0.3, -0.25) is 4.79 Å². The molecule has 79 heavy (non-hydrogen) atoms. The number of amides is 1. The standard InChI is InChI=1S/C70H137NO8/c1-3-5-7-9-11-13-15-17-19-21-22-23-24-25-26-27-28-29-30-31-32-33-34-35-36-37-38-39-40-41-42-43-44-46-48-50-52-54-56-58-60-66(74)71-63(62-78-70-69(77)68(76)67(75)65(61-72)79-70)64(73)59-57-55-53-51-49-47-45-20-18-16-14-12-10-8-6-4-2/h57,59,63-65,67-70,72-73,75-77H,3-56,58,60-62H2,1-2H3,(H,71,74)/b59-57+. The number of carbonyl (C=O) groups is 1. The van der Waals surface area contributed by atoms with Gasteiger partial charge in [-0.2, -0.15) is 0 Å². The summed E-state index contributed by atoms with van der Waals surface area (Å²) in [6.45, 7) is 3.83. The monoisotopic (exact) mass is 1120 g/mol. The minimum atomic E-state index is -1.56. The molecule has 0 aromatic carbocycles. The van der Waals surface area contributed by atoms with E-state index in [0.717, 1.165) is 38.5 Å². The second-order valence-electron chi connectivity index (χ2n) is 25.0. The molecule has 0 saturated carbocycles. The highest BCUT2D eigenvalue weighted by molar-refractivity contribution is 5.76. The van der Waals surface area contributed by atoms with Crippen molar-refractivity contribution >= 4 is 5.91 Å². The summed E-state index contributed by atoms with van der Waals surface area (Å²) in [5.41, 5.74) is 0. The van der Waals surface area contributed by atoms with Gasteiger partial charge >= 0.3 is 0 Å². The van der Waals surface area contributed by atoms with Crippen molar-refractivity contribution in [3.05, 3.63) is 12.2 Å². The van der Waals surface area contributed by atoms with Crippen LogP contribution in [0, 0.1) is 0 Å². The molecule has 7 atom stereocenters. The topological polar surface area (TPSA) is 149 Å². The lowest BCUT2D eigenvalue weighted by atomic mass is 9.99. The maximum atomic E-state index is 13.1. The molecule has 0 aromatic heterocycles. The van der Waals surface area contributed by atoms with Gasteiger partial charge in [0.1, 0.15) is 24.4 Å². The molecule has 7 unspecified atom stereocenters. The molecule has 0 spiro atoms. The fraction of sp³-hybridized carbons (Fsp3) is 0.957. The van der Waals surface area contributed by atoms with Crippen LogP contribution in [0.15, 0.2) is 12.2 Å². The zero-order valence-corrected chi connectivity index (χ0v) is 52.7. The van der Waals surface area contributed by atoms with Crippen molar-refractivity contribution in [1.82, 2.24) is 5.32 Å². The second-order valence-corrected chi connectivity index (χ2v) is 25.0. The third-order valence-corrected chi connectivity index (χ3v) is 17.4. The molecule has 1 heterocycles. The summed E-state index contributed by atoms with van der Waals surface area (Å²) in [7, 11) is 0. The van der Waals surface area contributed by atoms with Crippen LogP contribution in [0.3, 0.4) is 0 Å². The second kappa shape index (κ2) is 60.1. The number of aliphatic hydroxyl groups is 5. The molecule has 1 fully saturated rings. The largest absolute Gasteiger partial charge is 0.394 e. The van der Waals surface area contributed by atoms with Gasteiger partial charge in [-0.1, -0.05) is 360 Å². The summed E-state index contributed by atoms with van der Waals surface area (Å²) in [6, 6.07) is -0.801. The lowest BCUT2D eigenvalue weighted by Gasteiger charge is -2.40. The molecule has 0 aromatic rings. The van der Waals surface area contributed by atoms with Crippen molar-refractivity contribution in [2.75, 3.05) is 13.2 Å². The highest BCUT2D eigenvalue weighted by Crippen LogP contribution is 2.24. The van der Waals surface area contributed by atoms with Gasteiger partial charge in [0.15, 0.2) is 6.29 Å². The zero-order valence-electron chi connectivity index (χ0n) is 52.7. The van der Waals surface area contributed by atoms with Gasteiger partial charge in [0.25, 0.3) is 0 Å². The Hall–Kier alpha value is -1.07. The first-order valence-corrected chi connectivity index (χ1v) is 35.4. The van der Waals surface area contributed by atoms with E-state index in [4.69, 9.17) is 9.47 Å². The van der Waals surface area contributed by atoms with Crippen molar-refractivity contribution in [3.63, 3.8) is 0 Å². The Labute approximate surface area is 490 Å². The smallest absolute Gasteiger partial charge is 0.220 e. The van der Waals surface area contributed by atoms with Crippen LogP contribution in [-0.4, -0.2) is 87.5 Å². The van der Waals surface area contributed by atoms with E-state index in [9.17, 15) is 30.3 Å². The molecule has 0 bridgehead atoms. The Balaban J connectivity index is 2.01. The third-order valence-electron chi connectivity index (χ3n) is 17.4. The van der Waals surface area contributed by atoms with Crippen molar-refractivity contribution in [3.8, 4) is 0 Å². The number of ether oxygens (including phenoxy) is 2. The molecule has 0 aliphatic carbocycles. The molecule has 470 valence electrons. The van der Waals surface area contributed by atoms with Gasteiger partial charge in [-0.05, 0) is 19.3 Å². The van der Waals surface area contributed by atoms with Crippen LogP contribution in [0.2, 0.25) is 0 Å². The van der Waals surface area contributed by atoms with E-state index in [1.165, 1.54) is 315 Å². The summed E-state index contributed by atoms with van der Waals surface area (Å²) in [6.07, 6.45) is 70.6. The van der Waals surface area contributed by atoms with Gasteiger partial charge < -0.3 is 40.3 Å². The molecular formula is C70H137NO8. The number of rotatable bonds is 63. The first-order valence-electron chi connectivity index (χ1n) is 35.4. The Morgan fingerprint density at radius 1 is 0.418 bits per heavy atom. The highest BCUT2D eigenvalue weighted by atomic mass is 16.7. The number of hydrogen-bond donors (Lipinski definition) is 6.